The van der Waals surface area contributed by atoms with Crippen molar-refractivity contribution in [3.8, 4) is 62.0 Å². The molecule has 0 saturated heterocycles. The van der Waals surface area contributed by atoms with Gasteiger partial charge in [0.25, 0.3) is 0 Å². The van der Waals surface area contributed by atoms with Gasteiger partial charge >= 0.3 is 0 Å². The maximum absolute atomic E-state index is 11.1. The van der Waals surface area contributed by atoms with Crippen molar-refractivity contribution >= 4 is 43.6 Å². The predicted octanol–water partition coefficient (Wildman–Crippen LogP) is 16.7. The van der Waals surface area contributed by atoms with Crippen LogP contribution in [0.25, 0.3) is 99.5 Å². The second-order valence-corrected chi connectivity index (χ2v) is 18.6. The lowest BCUT2D eigenvalue weighted by Crippen LogP contribution is -2.05. The number of fused-ring (bicyclic) bond motifs is 6. The van der Waals surface area contributed by atoms with Gasteiger partial charge in [0.15, 0.2) is 0 Å². The van der Waals surface area contributed by atoms with Crippen molar-refractivity contribution in [3.05, 3.63) is 234 Å². The summed E-state index contributed by atoms with van der Waals surface area (Å²) in [6.07, 6.45) is 11.6. The molecule has 8 aromatic carbocycles. The van der Waals surface area contributed by atoms with Crippen LogP contribution in [0.3, 0.4) is 0 Å². The van der Waals surface area contributed by atoms with Gasteiger partial charge in [-0.15, -0.1) is 0 Å². The van der Waals surface area contributed by atoms with Crippen LogP contribution in [-0.2, 0) is 0 Å². The zero-order chi connectivity index (χ0) is 46.0. The van der Waals surface area contributed by atoms with Gasteiger partial charge in [0.05, 0.1) is 45.1 Å². The molecule has 0 radical (unpaired) electrons. The normalized spacial score (nSPS) is 13.7. The predicted molar refractivity (Wildman–Crippen MR) is 284 cm³/mol. The molecule has 0 amide bonds. The van der Waals surface area contributed by atoms with Crippen LogP contribution >= 0.6 is 0 Å². The second-order valence-electron chi connectivity index (χ2n) is 18.6. The van der Waals surface area contributed by atoms with Gasteiger partial charge in [-0.25, -0.2) is 0 Å². The number of allylic oxidation sites excluding steroid dienone is 4. The van der Waals surface area contributed by atoms with Crippen molar-refractivity contribution < 1.29 is 0 Å². The van der Waals surface area contributed by atoms with E-state index in [-0.39, 0.29) is 5.92 Å². The summed E-state index contributed by atoms with van der Waals surface area (Å²) in [6, 6.07) is 64.8. The molecule has 0 spiro atoms. The minimum atomic E-state index is 0.289. The fraction of sp³-hybridized carbons (Fsp3) is 0.0938. The van der Waals surface area contributed by atoms with E-state index in [1.54, 1.807) is 0 Å². The summed E-state index contributed by atoms with van der Waals surface area (Å²) in [5.74, 6) is 0.289. The first-order chi connectivity index (χ1) is 33.3. The number of aryl methyl sites for hydroxylation is 3. The first kappa shape index (κ1) is 40.9. The van der Waals surface area contributed by atoms with E-state index in [0.29, 0.717) is 5.56 Å². The van der Waals surface area contributed by atoms with Gasteiger partial charge in [0.2, 0.25) is 0 Å². The molecule has 3 aromatic heterocycles. The molecule has 4 nitrogen and oxygen atoms in total. The lowest BCUT2D eigenvalue weighted by Gasteiger charge is -2.21. The molecule has 1 aliphatic carbocycles. The summed E-state index contributed by atoms with van der Waals surface area (Å²) in [5, 5.41) is 15.7. The lowest BCUT2D eigenvalue weighted by molar-refractivity contribution is 0.845. The van der Waals surface area contributed by atoms with Gasteiger partial charge in [-0.05, 0) is 151 Å². The van der Waals surface area contributed by atoms with Crippen LogP contribution in [0, 0.1) is 32.1 Å². The second kappa shape index (κ2) is 16.4. The van der Waals surface area contributed by atoms with Crippen molar-refractivity contribution in [3.63, 3.8) is 0 Å². The molecule has 12 rings (SSSR count). The Bertz CT molecular complexity index is 3840. The van der Waals surface area contributed by atoms with E-state index in [2.05, 4.69) is 236 Å². The fourth-order valence-electron chi connectivity index (χ4n) is 10.7. The number of benzene rings is 8. The molecule has 0 aliphatic heterocycles. The Morgan fingerprint density at radius 3 is 1.35 bits per heavy atom. The number of aromatic nitrogens is 3. The molecule has 1 unspecified atom stereocenters. The van der Waals surface area contributed by atoms with Gasteiger partial charge < -0.3 is 9.13 Å². The standard InChI is InChI=1S/C64H48N4/c1-40-9-5-13-46(29-40)50-17-21-58-54(35-50)55-36-51(47-14-6-10-41(2)30-47)18-22-59(55)67(58)62-33-44(39-65)34-63(64(62)45-25-27-66-28-26-45)68-60-23-19-52(48-15-7-11-42(3)31-48)37-56(60)57-38-53(20-24-61(57)68)49-16-8-12-43(4)32-49/h5-15,17-38,49H,16H2,1-4H3. The summed E-state index contributed by atoms with van der Waals surface area (Å²) in [5.41, 5.74) is 22.0. The van der Waals surface area contributed by atoms with Crippen LogP contribution in [0.5, 0.6) is 0 Å². The van der Waals surface area contributed by atoms with E-state index in [0.717, 1.165) is 72.9 Å². The number of rotatable bonds is 7. The number of hydrogen-bond donors (Lipinski definition) is 0. The molecule has 3 heterocycles. The van der Waals surface area contributed by atoms with E-state index in [1.807, 2.05) is 12.4 Å². The third kappa shape index (κ3) is 7.03. The average Bonchev–Trinajstić information content (AvgIpc) is 3.87. The summed E-state index contributed by atoms with van der Waals surface area (Å²) in [4.78, 5) is 4.51. The quantitative estimate of drug-likeness (QED) is 0.160. The van der Waals surface area contributed by atoms with Gasteiger partial charge in [-0.1, -0.05) is 138 Å². The van der Waals surface area contributed by atoms with Gasteiger partial charge in [0, 0.05) is 45.4 Å². The van der Waals surface area contributed by atoms with E-state index in [4.69, 9.17) is 0 Å². The first-order valence-corrected chi connectivity index (χ1v) is 23.5. The van der Waals surface area contributed by atoms with Crippen LogP contribution in [0.2, 0.25) is 0 Å². The van der Waals surface area contributed by atoms with E-state index in [1.165, 1.54) is 60.9 Å². The molecule has 0 saturated carbocycles. The van der Waals surface area contributed by atoms with Crippen LogP contribution in [0.15, 0.2) is 206 Å². The Hall–Kier alpha value is -8.52. The molecule has 4 heteroatoms. The topological polar surface area (TPSA) is 46.5 Å². The Morgan fingerprint density at radius 1 is 0.471 bits per heavy atom. The summed E-state index contributed by atoms with van der Waals surface area (Å²) < 4.78 is 4.79. The Labute approximate surface area is 397 Å². The maximum atomic E-state index is 11.1. The molecule has 1 atom stereocenters. The summed E-state index contributed by atoms with van der Waals surface area (Å²) in [6.45, 7) is 8.63. The van der Waals surface area contributed by atoms with E-state index < -0.39 is 0 Å². The van der Waals surface area contributed by atoms with Gasteiger partial charge in [0.1, 0.15) is 0 Å². The SMILES string of the molecule is CC1=CC(c2ccc3c(c2)c2cc(-c4cccc(C)c4)ccc2n3-c2cc(C#N)cc(-n3c4ccc(-c5cccc(C)c5)cc4c4cc(-c5cccc(C)c5)ccc43)c2-c2ccncc2)CC=C1. The number of pyridine rings is 1. The van der Waals surface area contributed by atoms with Crippen molar-refractivity contribution in [1.29, 1.82) is 5.26 Å². The van der Waals surface area contributed by atoms with Crippen LogP contribution in [0.4, 0.5) is 0 Å². The summed E-state index contributed by atoms with van der Waals surface area (Å²) in [7, 11) is 0. The largest absolute Gasteiger partial charge is 0.308 e. The van der Waals surface area contributed by atoms with E-state index in [9.17, 15) is 5.26 Å². The highest BCUT2D eigenvalue weighted by molar-refractivity contribution is 6.14. The zero-order valence-electron chi connectivity index (χ0n) is 38.6. The Balaban J connectivity index is 1.18. The van der Waals surface area contributed by atoms with E-state index >= 15 is 0 Å². The molecule has 0 fully saturated rings. The molecule has 68 heavy (non-hydrogen) atoms. The van der Waals surface area contributed by atoms with Gasteiger partial charge in [-0.3, -0.25) is 4.98 Å². The molecule has 1 aliphatic rings. The maximum Gasteiger partial charge on any atom is 0.0993 e. The van der Waals surface area contributed by atoms with Crippen LogP contribution in [0.1, 0.15) is 47.1 Å². The van der Waals surface area contributed by atoms with Gasteiger partial charge in [-0.2, -0.15) is 5.26 Å². The fourth-order valence-corrected chi connectivity index (χ4v) is 10.7. The molecular formula is C64H48N4. The Kier molecular flexibility index (Phi) is 9.89. The lowest BCUT2D eigenvalue weighted by atomic mass is 9.89. The molecule has 0 N–H and O–H groups in total. The monoisotopic (exact) mass is 872 g/mol. The van der Waals surface area contributed by atoms with Crippen molar-refractivity contribution in [2.24, 2.45) is 0 Å². The third-order valence-electron chi connectivity index (χ3n) is 13.9. The highest BCUT2D eigenvalue weighted by atomic mass is 15.0. The summed E-state index contributed by atoms with van der Waals surface area (Å²) >= 11 is 0. The highest BCUT2D eigenvalue weighted by Gasteiger charge is 2.25. The number of nitriles is 1. The molecule has 0 bridgehead atoms. The Morgan fingerprint density at radius 2 is 0.912 bits per heavy atom. The minimum absolute atomic E-state index is 0.289. The van der Waals surface area contributed by atoms with Crippen LogP contribution in [-0.4, -0.2) is 14.1 Å². The third-order valence-corrected chi connectivity index (χ3v) is 13.9. The molecular weight excluding hydrogens is 825 g/mol. The van der Waals surface area contributed by atoms with Crippen molar-refractivity contribution in [2.75, 3.05) is 0 Å². The molecule has 324 valence electrons. The number of nitrogens with zero attached hydrogens (tertiary/aromatic N) is 4. The van der Waals surface area contributed by atoms with Crippen molar-refractivity contribution in [2.45, 2.75) is 40.0 Å². The minimum Gasteiger partial charge on any atom is -0.308 e. The first-order valence-electron chi connectivity index (χ1n) is 23.5. The smallest absolute Gasteiger partial charge is 0.0993 e. The van der Waals surface area contributed by atoms with Crippen LogP contribution < -0.4 is 0 Å². The molecule has 11 aromatic rings. The highest BCUT2D eigenvalue weighted by Crippen LogP contribution is 2.45. The number of hydrogen-bond acceptors (Lipinski definition) is 2. The zero-order valence-corrected chi connectivity index (χ0v) is 38.6. The van der Waals surface area contributed by atoms with Crippen molar-refractivity contribution in [1.82, 2.24) is 14.1 Å². The average molecular weight is 873 g/mol.